The fraction of sp³-hybridized carbons (Fsp3) is 0.429. The van der Waals surface area contributed by atoms with Gasteiger partial charge in [0, 0.05) is 11.3 Å². The molecule has 0 N–H and O–H groups in total. The zero-order chi connectivity index (χ0) is 17.4. The van der Waals surface area contributed by atoms with Gasteiger partial charge in [-0.1, -0.05) is 43.3 Å². The molecule has 2 aliphatic carbocycles. The van der Waals surface area contributed by atoms with Gasteiger partial charge in [-0.15, -0.1) is 0 Å². The molecule has 0 radical (unpaired) electrons. The Balaban J connectivity index is 1.58. The molecule has 1 aliphatic heterocycles. The normalized spacial score (nSPS) is 30.4. The lowest BCUT2D eigenvalue weighted by Gasteiger charge is -2.44. The van der Waals surface area contributed by atoms with Crippen molar-refractivity contribution >= 4 is 5.97 Å². The van der Waals surface area contributed by atoms with Crippen LogP contribution in [0.3, 0.4) is 0 Å². The second kappa shape index (κ2) is 6.07. The zero-order valence-electron chi connectivity index (χ0n) is 14.3. The number of hydrogen-bond donors (Lipinski definition) is 0. The van der Waals surface area contributed by atoms with E-state index >= 15 is 0 Å². The van der Waals surface area contributed by atoms with Crippen molar-refractivity contribution in [3.63, 3.8) is 0 Å². The Hall–Kier alpha value is -2.54. The van der Waals surface area contributed by atoms with Crippen LogP contribution in [0.25, 0.3) is 0 Å². The Kier molecular flexibility index (Phi) is 3.88. The van der Waals surface area contributed by atoms with Crippen LogP contribution in [0.1, 0.15) is 31.7 Å². The van der Waals surface area contributed by atoms with Crippen molar-refractivity contribution in [2.45, 2.75) is 38.9 Å². The maximum Gasteiger partial charge on any atom is 0.314 e. The van der Waals surface area contributed by atoms with Crippen LogP contribution in [0, 0.1) is 28.6 Å². The van der Waals surface area contributed by atoms with Crippen LogP contribution >= 0.6 is 0 Å². The first-order valence-corrected chi connectivity index (χ1v) is 8.82. The maximum absolute atomic E-state index is 12.8. The van der Waals surface area contributed by atoms with Crippen molar-refractivity contribution in [2.75, 3.05) is 0 Å². The van der Waals surface area contributed by atoms with E-state index in [9.17, 15) is 10.1 Å². The van der Waals surface area contributed by atoms with Gasteiger partial charge in [-0.3, -0.25) is 4.79 Å². The van der Waals surface area contributed by atoms with Gasteiger partial charge in [0.25, 0.3) is 0 Å². The number of ether oxygens (including phenoxy) is 2. The Morgan fingerprint density at radius 3 is 2.76 bits per heavy atom. The number of esters is 1. The minimum Gasteiger partial charge on any atom is -0.489 e. The molecule has 1 aromatic carbocycles. The van der Waals surface area contributed by atoms with Gasteiger partial charge in [0.2, 0.25) is 0 Å². The summed E-state index contributed by atoms with van der Waals surface area (Å²) in [5, 5.41) is 9.76. The fourth-order valence-electron chi connectivity index (χ4n) is 3.89. The van der Waals surface area contributed by atoms with Crippen molar-refractivity contribution in [3.8, 4) is 6.07 Å². The highest BCUT2D eigenvalue weighted by molar-refractivity contribution is 5.77. The molecule has 2 bridgehead atoms. The van der Waals surface area contributed by atoms with Crippen LogP contribution in [-0.2, 0) is 20.9 Å². The van der Waals surface area contributed by atoms with Crippen LogP contribution in [0.15, 0.2) is 53.8 Å². The van der Waals surface area contributed by atoms with Crippen molar-refractivity contribution in [1.29, 1.82) is 5.26 Å². The molecule has 4 nitrogen and oxygen atoms in total. The molecule has 3 unspecified atom stereocenters. The van der Waals surface area contributed by atoms with E-state index < -0.39 is 11.3 Å². The SMILES string of the molecule is CC12CC(C=CC1C(=O)OCc1ccccc1)OC(C1CC1)=C2C#N. The average Bonchev–Trinajstić information content (AvgIpc) is 3.45. The van der Waals surface area contributed by atoms with Gasteiger partial charge in [-0.2, -0.15) is 5.26 Å². The molecular formula is C21H21NO3. The summed E-state index contributed by atoms with van der Waals surface area (Å²) < 4.78 is 11.6. The summed E-state index contributed by atoms with van der Waals surface area (Å²) in [6.45, 7) is 2.25. The summed E-state index contributed by atoms with van der Waals surface area (Å²) in [5.74, 6) is 0.446. The van der Waals surface area contributed by atoms with Crippen LogP contribution in [-0.4, -0.2) is 12.1 Å². The molecule has 0 amide bonds. The first-order chi connectivity index (χ1) is 12.1. The zero-order valence-corrected chi connectivity index (χ0v) is 14.3. The minimum atomic E-state index is -0.544. The lowest BCUT2D eigenvalue weighted by atomic mass is 9.63. The van der Waals surface area contributed by atoms with Crippen molar-refractivity contribution < 1.29 is 14.3 Å². The van der Waals surface area contributed by atoms with Crippen molar-refractivity contribution in [3.05, 3.63) is 59.4 Å². The molecular weight excluding hydrogens is 314 g/mol. The summed E-state index contributed by atoms with van der Waals surface area (Å²) in [6.07, 6.45) is 6.55. The molecule has 0 spiro atoms. The van der Waals surface area contributed by atoms with Crippen molar-refractivity contribution in [2.24, 2.45) is 17.3 Å². The lowest BCUT2D eigenvalue weighted by Crippen LogP contribution is -2.44. The molecule has 0 saturated heterocycles. The van der Waals surface area contributed by atoms with E-state index in [0.717, 1.165) is 24.2 Å². The average molecular weight is 335 g/mol. The maximum atomic E-state index is 12.8. The first kappa shape index (κ1) is 16.0. The summed E-state index contributed by atoms with van der Waals surface area (Å²) in [4.78, 5) is 12.8. The van der Waals surface area contributed by atoms with E-state index in [1.165, 1.54) is 0 Å². The van der Waals surface area contributed by atoms with Gasteiger partial charge in [0.05, 0.1) is 17.6 Å². The van der Waals surface area contributed by atoms with E-state index in [4.69, 9.17) is 9.47 Å². The molecule has 1 fully saturated rings. The van der Waals surface area contributed by atoms with E-state index in [1.807, 2.05) is 49.4 Å². The number of hydrogen-bond acceptors (Lipinski definition) is 4. The predicted molar refractivity (Wildman–Crippen MR) is 91.8 cm³/mol. The molecule has 1 saturated carbocycles. The highest BCUT2D eigenvalue weighted by Crippen LogP contribution is 2.53. The molecule has 1 aromatic rings. The molecule has 4 rings (SSSR count). The number of allylic oxidation sites excluding steroid dienone is 2. The predicted octanol–water partition coefficient (Wildman–Crippen LogP) is 3.90. The molecule has 25 heavy (non-hydrogen) atoms. The van der Waals surface area contributed by atoms with Gasteiger partial charge in [0.1, 0.15) is 18.5 Å². The second-order valence-corrected chi connectivity index (χ2v) is 7.36. The van der Waals surface area contributed by atoms with Crippen LogP contribution in [0.5, 0.6) is 0 Å². The number of carbonyl (C=O) groups excluding carboxylic acids is 1. The van der Waals surface area contributed by atoms with Gasteiger partial charge in [-0.05, 0) is 30.9 Å². The molecule has 1 heterocycles. The third-order valence-electron chi connectivity index (χ3n) is 5.46. The van der Waals surface area contributed by atoms with E-state index in [1.54, 1.807) is 0 Å². The van der Waals surface area contributed by atoms with Crippen LogP contribution in [0.4, 0.5) is 0 Å². The minimum absolute atomic E-state index is 0.0455. The smallest absolute Gasteiger partial charge is 0.314 e. The number of carbonyl (C=O) groups is 1. The van der Waals surface area contributed by atoms with Gasteiger partial charge in [0.15, 0.2) is 0 Å². The Labute approximate surface area is 147 Å². The Morgan fingerprint density at radius 1 is 1.32 bits per heavy atom. The summed E-state index contributed by atoms with van der Waals surface area (Å²) >= 11 is 0. The summed E-state index contributed by atoms with van der Waals surface area (Å²) in [6, 6.07) is 12.0. The van der Waals surface area contributed by atoms with E-state index in [-0.39, 0.29) is 18.7 Å². The molecule has 128 valence electrons. The molecule has 0 aromatic heterocycles. The monoisotopic (exact) mass is 335 g/mol. The quantitative estimate of drug-likeness (QED) is 0.618. The third kappa shape index (κ3) is 2.84. The van der Waals surface area contributed by atoms with Crippen LogP contribution < -0.4 is 0 Å². The third-order valence-corrected chi connectivity index (χ3v) is 5.46. The van der Waals surface area contributed by atoms with Crippen LogP contribution in [0.2, 0.25) is 0 Å². The van der Waals surface area contributed by atoms with E-state index in [2.05, 4.69) is 6.07 Å². The molecule has 4 heteroatoms. The summed E-state index contributed by atoms with van der Waals surface area (Å²) in [5.41, 5.74) is 1.05. The molecule has 3 aliphatic rings. The summed E-state index contributed by atoms with van der Waals surface area (Å²) in [7, 11) is 0. The van der Waals surface area contributed by atoms with Gasteiger partial charge >= 0.3 is 5.97 Å². The van der Waals surface area contributed by atoms with Gasteiger partial charge in [-0.25, -0.2) is 0 Å². The topological polar surface area (TPSA) is 59.3 Å². The highest BCUT2D eigenvalue weighted by Gasteiger charge is 2.52. The fourth-order valence-corrected chi connectivity index (χ4v) is 3.89. The Morgan fingerprint density at radius 2 is 2.08 bits per heavy atom. The number of benzene rings is 1. The lowest BCUT2D eigenvalue weighted by molar-refractivity contribution is -0.152. The number of rotatable bonds is 4. The largest absolute Gasteiger partial charge is 0.489 e. The number of nitrogens with zero attached hydrogens (tertiary/aromatic N) is 1. The Bertz CT molecular complexity index is 785. The molecule has 3 atom stereocenters. The second-order valence-electron chi connectivity index (χ2n) is 7.36. The number of nitriles is 1. The van der Waals surface area contributed by atoms with E-state index in [0.29, 0.717) is 17.9 Å². The van der Waals surface area contributed by atoms with Crippen molar-refractivity contribution in [1.82, 2.24) is 0 Å². The van der Waals surface area contributed by atoms with Gasteiger partial charge < -0.3 is 9.47 Å². The first-order valence-electron chi connectivity index (χ1n) is 8.82. The highest BCUT2D eigenvalue weighted by atomic mass is 16.5. The number of fused-ring (bicyclic) bond motifs is 2. The standard InChI is InChI=1S/C21H21NO3/c1-21-11-16(25-19(15-7-8-15)18(21)12-22)9-10-17(21)20(23)24-13-14-5-3-2-4-6-14/h2-6,9-10,15-17H,7-8,11,13H2,1H3.